The van der Waals surface area contributed by atoms with Crippen LogP contribution in [0.1, 0.15) is 36.0 Å². The lowest BCUT2D eigenvalue weighted by Crippen LogP contribution is -2.40. The summed E-state index contributed by atoms with van der Waals surface area (Å²) in [4.78, 5) is 24.3. The molecule has 0 saturated heterocycles. The maximum atomic E-state index is 12.5. The molecule has 0 atom stereocenters. The highest BCUT2D eigenvalue weighted by molar-refractivity contribution is 6.31. The van der Waals surface area contributed by atoms with E-state index in [4.69, 9.17) is 22.1 Å². The van der Waals surface area contributed by atoms with E-state index in [1.165, 1.54) is 13.2 Å². The van der Waals surface area contributed by atoms with E-state index in [1.807, 2.05) is 0 Å². The number of nitrogens with two attached hydrogens (primary N) is 1. The summed E-state index contributed by atoms with van der Waals surface area (Å²) >= 11 is 5.90. The Bertz CT molecular complexity index is 554. The molecule has 0 aromatic heterocycles. The van der Waals surface area contributed by atoms with Gasteiger partial charge in [0.15, 0.2) is 0 Å². The van der Waals surface area contributed by atoms with Crippen LogP contribution in [0, 0.1) is 5.41 Å². The van der Waals surface area contributed by atoms with Crippen LogP contribution >= 0.6 is 11.6 Å². The van der Waals surface area contributed by atoms with Gasteiger partial charge >= 0.3 is 5.97 Å². The Morgan fingerprint density at radius 1 is 1.38 bits per heavy atom. The number of hydrogen-bond acceptors (Lipinski definition) is 4. The first-order valence-electron chi connectivity index (χ1n) is 6.92. The molecule has 1 saturated carbocycles. The quantitative estimate of drug-likeness (QED) is 0.838. The van der Waals surface area contributed by atoms with Crippen molar-refractivity contribution >= 4 is 29.2 Å². The largest absolute Gasteiger partial charge is 0.465 e. The Hall–Kier alpha value is -1.59. The van der Waals surface area contributed by atoms with E-state index in [-0.39, 0.29) is 11.5 Å². The van der Waals surface area contributed by atoms with E-state index < -0.39 is 11.4 Å². The molecule has 1 aromatic rings. The maximum Gasteiger partial charge on any atom is 0.340 e. The van der Waals surface area contributed by atoms with E-state index >= 15 is 0 Å². The second-order valence-corrected chi connectivity index (χ2v) is 5.76. The summed E-state index contributed by atoms with van der Waals surface area (Å²) in [6.07, 6.45) is 3.54. The molecule has 0 unspecified atom stereocenters. The molecule has 1 aliphatic rings. The third-order valence-corrected chi connectivity index (χ3v) is 4.30. The number of nitrogens with one attached hydrogen (secondary N) is 1. The van der Waals surface area contributed by atoms with Crippen molar-refractivity contribution in [1.82, 2.24) is 0 Å². The number of hydrogen-bond donors (Lipinski definition) is 2. The fourth-order valence-electron chi connectivity index (χ4n) is 2.73. The average Bonchev–Trinajstić information content (AvgIpc) is 2.98. The number of amides is 1. The fraction of sp³-hybridized carbons (Fsp3) is 0.467. The molecule has 1 amide bonds. The van der Waals surface area contributed by atoms with Crippen LogP contribution in [0.3, 0.4) is 0 Å². The van der Waals surface area contributed by atoms with Crippen LogP contribution in [-0.2, 0) is 9.53 Å². The van der Waals surface area contributed by atoms with Crippen molar-refractivity contribution < 1.29 is 14.3 Å². The number of esters is 1. The summed E-state index contributed by atoms with van der Waals surface area (Å²) in [5, 5.41) is 3.21. The lowest BCUT2D eigenvalue weighted by atomic mass is 9.85. The Balaban J connectivity index is 2.27. The molecule has 3 N–H and O–H groups in total. The number of methoxy groups -OCH3 is 1. The summed E-state index contributed by atoms with van der Waals surface area (Å²) in [6.45, 7) is 0.306. The Labute approximate surface area is 128 Å². The lowest BCUT2D eigenvalue weighted by molar-refractivity contribution is -0.124. The summed E-state index contributed by atoms with van der Waals surface area (Å²) in [5.74, 6) is -0.684. The van der Waals surface area contributed by atoms with Crippen LogP contribution in [0.2, 0.25) is 5.02 Å². The fourth-order valence-corrected chi connectivity index (χ4v) is 2.91. The first-order valence-corrected chi connectivity index (χ1v) is 7.29. The van der Waals surface area contributed by atoms with E-state index in [2.05, 4.69) is 5.32 Å². The zero-order chi connectivity index (χ0) is 15.5. The van der Waals surface area contributed by atoms with Crippen molar-refractivity contribution in [3.05, 3.63) is 28.8 Å². The van der Waals surface area contributed by atoms with Gasteiger partial charge in [-0.25, -0.2) is 4.79 Å². The second kappa shape index (κ2) is 6.45. The smallest absolute Gasteiger partial charge is 0.340 e. The summed E-state index contributed by atoms with van der Waals surface area (Å²) in [7, 11) is 1.28. The van der Waals surface area contributed by atoms with Crippen LogP contribution in [0.5, 0.6) is 0 Å². The lowest BCUT2D eigenvalue weighted by Gasteiger charge is -2.26. The summed E-state index contributed by atoms with van der Waals surface area (Å²) in [5.41, 5.74) is 5.90. The predicted octanol–water partition coefficient (Wildman–Crippen LogP) is 2.58. The minimum atomic E-state index is -0.541. The molecule has 0 heterocycles. The highest BCUT2D eigenvalue weighted by Crippen LogP contribution is 2.38. The molecular formula is C15H19ClN2O3. The number of benzene rings is 1. The van der Waals surface area contributed by atoms with Gasteiger partial charge in [0.1, 0.15) is 0 Å². The van der Waals surface area contributed by atoms with Crippen LogP contribution in [-0.4, -0.2) is 25.5 Å². The number of ether oxygens (including phenoxy) is 1. The van der Waals surface area contributed by atoms with Gasteiger partial charge in [-0.3, -0.25) is 4.79 Å². The normalized spacial score (nSPS) is 16.5. The third-order valence-electron chi connectivity index (χ3n) is 4.07. The summed E-state index contributed by atoms with van der Waals surface area (Å²) < 4.78 is 4.72. The SMILES string of the molecule is COC(=O)c1cc(Cl)ccc1NC(=O)C1(CN)CCCC1. The number of carbonyl (C=O) groups is 2. The molecule has 0 spiro atoms. The highest BCUT2D eigenvalue weighted by Gasteiger charge is 2.40. The number of anilines is 1. The van der Waals surface area contributed by atoms with E-state index in [0.29, 0.717) is 17.3 Å². The molecule has 21 heavy (non-hydrogen) atoms. The molecule has 1 aromatic carbocycles. The van der Waals surface area contributed by atoms with Crippen LogP contribution < -0.4 is 11.1 Å². The molecule has 114 valence electrons. The Morgan fingerprint density at radius 3 is 2.62 bits per heavy atom. The van der Waals surface area contributed by atoms with E-state index in [9.17, 15) is 9.59 Å². The monoisotopic (exact) mass is 310 g/mol. The van der Waals surface area contributed by atoms with Gasteiger partial charge in [0.2, 0.25) is 5.91 Å². The van der Waals surface area contributed by atoms with Crippen molar-refractivity contribution in [2.24, 2.45) is 11.1 Å². The highest BCUT2D eigenvalue weighted by atomic mass is 35.5. The first-order chi connectivity index (χ1) is 10.0. The van der Waals surface area contributed by atoms with E-state index in [0.717, 1.165) is 25.7 Å². The molecule has 1 fully saturated rings. The molecule has 6 heteroatoms. The Kier molecular flexibility index (Phi) is 4.85. The molecular weight excluding hydrogens is 292 g/mol. The molecule has 0 bridgehead atoms. The van der Waals surface area contributed by atoms with Gasteiger partial charge in [-0.2, -0.15) is 0 Å². The van der Waals surface area contributed by atoms with Gasteiger partial charge in [0.05, 0.1) is 23.8 Å². The van der Waals surface area contributed by atoms with Crippen LogP contribution in [0.4, 0.5) is 5.69 Å². The van der Waals surface area contributed by atoms with Crippen molar-refractivity contribution in [2.75, 3.05) is 19.0 Å². The average molecular weight is 311 g/mol. The first kappa shape index (κ1) is 15.8. The van der Waals surface area contributed by atoms with Gasteiger partial charge < -0.3 is 15.8 Å². The molecule has 2 rings (SSSR count). The molecule has 0 aliphatic heterocycles. The van der Waals surface area contributed by atoms with Crippen LogP contribution in [0.15, 0.2) is 18.2 Å². The minimum absolute atomic E-state index is 0.144. The molecule has 1 aliphatic carbocycles. The van der Waals surface area contributed by atoms with Crippen molar-refractivity contribution in [2.45, 2.75) is 25.7 Å². The van der Waals surface area contributed by atoms with Crippen molar-refractivity contribution in [1.29, 1.82) is 0 Å². The summed E-state index contributed by atoms with van der Waals surface area (Å²) in [6, 6.07) is 4.70. The number of halogens is 1. The Morgan fingerprint density at radius 2 is 2.05 bits per heavy atom. The number of rotatable bonds is 4. The van der Waals surface area contributed by atoms with Gasteiger partial charge in [-0.1, -0.05) is 24.4 Å². The molecule has 5 nitrogen and oxygen atoms in total. The number of carbonyl (C=O) groups excluding carboxylic acids is 2. The standard InChI is InChI=1S/C15H19ClN2O3/c1-21-13(19)11-8-10(16)4-5-12(11)18-14(20)15(9-17)6-2-3-7-15/h4-5,8H,2-3,6-7,9,17H2,1H3,(H,18,20). The molecule has 0 radical (unpaired) electrons. The van der Waals surface area contributed by atoms with Gasteiger partial charge in [0.25, 0.3) is 0 Å². The van der Waals surface area contributed by atoms with E-state index in [1.54, 1.807) is 12.1 Å². The third kappa shape index (κ3) is 3.19. The van der Waals surface area contributed by atoms with Gasteiger partial charge in [-0.05, 0) is 31.0 Å². The van der Waals surface area contributed by atoms with Gasteiger partial charge in [0, 0.05) is 11.6 Å². The minimum Gasteiger partial charge on any atom is -0.465 e. The zero-order valence-electron chi connectivity index (χ0n) is 11.9. The predicted molar refractivity (Wildman–Crippen MR) is 81.4 cm³/mol. The topological polar surface area (TPSA) is 81.4 Å². The maximum absolute atomic E-state index is 12.5. The zero-order valence-corrected chi connectivity index (χ0v) is 12.7. The van der Waals surface area contributed by atoms with Crippen LogP contribution in [0.25, 0.3) is 0 Å². The van der Waals surface area contributed by atoms with Gasteiger partial charge in [-0.15, -0.1) is 0 Å². The van der Waals surface area contributed by atoms with Crippen molar-refractivity contribution in [3.63, 3.8) is 0 Å². The second-order valence-electron chi connectivity index (χ2n) is 5.33. The van der Waals surface area contributed by atoms with Crippen molar-refractivity contribution in [3.8, 4) is 0 Å².